The zero-order valence-electron chi connectivity index (χ0n) is 9.42. The van der Waals surface area contributed by atoms with Gasteiger partial charge in [0.05, 0.1) is 19.3 Å². The van der Waals surface area contributed by atoms with Gasteiger partial charge in [-0.15, -0.1) is 0 Å². The summed E-state index contributed by atoms with van der Waals surface area (Å²) in [5.41, 5.74) is 0.0166. The van der Waals surface area contributed by atoms with Gasteiger partial charge in [-0.25, -0.2) is 9.78 Å². The first-order valence-electron chi connectivity index (χ1n) is 5.28. The molecule has 1 saturated heterocycles. The van der Waals surface area contributed by atoms with E-state index in [0.29, 0.717) is 19.0 Å². The molecule has 0 unspecified atom stereocenters. The second-order valence-corrected chi connectivity index (χ2v) is 3.78. The molecule has 2 atom stereocenters. The number of pyridine rings is 1. The molecule has 6 nitrogen and oxygen atoms in total. The monoisotopic (exact) mass is 238 g/mol. The summed E-state index contributed by atoms with van der Waals surface area (Å²) in [7, 11) is 1.62. The number of rotatable bonds is 4. The Labute approximate surface area is 98.6 Å². The van der Waals surface area contributed by atoms with Crippen LogP contribution in [0.3, 0.4) is 0 Å². The lowest BCUT2D eigenvalue weighted by Gasteiger charge is -2.18. The van der Waals surface area contributed by atoms with Gasteiger partial charge in [0.15, 0.2) is 5.69 Å². The van der Waals surface area contributed by atoms with Gasteiger partial charge in [0.25, 0.3) is 0 Å². The number of ether oxygens (including phenoxy) is 2. The van der Waals surface area contributed by atoms with Gasteiger partial charge in [-0.1, -0.05) is 6.07 Å². The van der Waals surface area contributed by atoms with Crippen LogP contribution in [0.15, 0.2) is 18.2 Å². The number of carboxylic acid groups (broad SMARTS) is 1. The number of carbonyl (C=O) groups is 1. The molecular weight excluding hydrogens is 224 g/mol. The molecule has 2 rings (SSSR count). The van der Waals surface area contributed by atoms with Crippen molar-refractivity contribution < 1.29 is 19.4 Å². The van der Waals surface area contributed by atoms with Gasteiger partial charge in [-0.2, -0.15) is 0 Å². The van der Waals surface area contributed by atoms with Crippen molar-refractivity contribution in [1.82, 2.24) is 4.98 Å². The second-order valence-electron chi connectivity index (χ2n) is 3.78. The van der Waals surface area contributed by atoms with E-state index in [1.165, 1.54) is 6.07 Å². The summed E-state index contributed by atoms with van der Waals surface area (Å²) in [5.74, 6) is -0.526. The van der Waals surface area contributed by atoms with E-state index in [-0.39, 0.29) is 17.8 Å². The minimum Gasteiger partial charge on any atom is -0.477 e. The van der Waals surface area contributed by atoms with E-state index in [4.69, 9.17) is 14.6 Å². The fraction of sp³-hybridized carbons (Fsp3) is 0.455. The molecule has 0 aromatic carbocycles. The summed E-state index contributed by atoms with van der Waals surface area (Å²) >= 11 is 0. The van der Waals surface area contributed by atoms with Gasteiger partial charge in [0, 0.05) is 7.11 Å². The Morgan fingerprint density at radius 2 is 2.41 bits per heavy atom. The number of anilines is 1. The van der Waals surface area contributed by atoms with Gasteiger partial charge in [0.1, 0.15) is 11.9 Å². The van der Waals surface area contributed by atoms with Crippen molar-refractivity contribution in [2.75, 3.05) is 25.6 Å². The van der Waals surface area contributed by atoms with Crippen molar-refractivity contribution in [1.29, 1.82) is 0 Å². The first-order valence-corrected chi connectivity index (χ1v) is 5.28. The largest absolute Gasteiger partial charge is 0.477 e. The minimum absolute atomic E-state index is 0.00320. The van der Waals surface area contributed by atoms with Crippen molar-refractivity contribution in [3.05, 3.63) is 23.9 Å². The normalized spacial score (nSPS) is 23.6. The van der Waals surface area contributed by atoms with Gasteiger partial charge >= 0.3 is 5.97 Å². The Morgan fingerprint density at radius 1 is 1.59 bits per heavy atom. The van der Waals surface area contributed by atoms with Crippen molar-refractivity contribution >= 4 is 11.8 Å². The lowest BCUT2D eigenvalue weighted by atomic mass is 10.2. The predicted octanol–water partition coefficient (Wildman–Crippen LogP) is 0.605. The molecule has 0 radical (unpaired) electrons. The Balaban J connectivity index is 2.07. The van der Waals surface area contributed by atoms with Crippen LogP contribution < -0.4 is 5.32 Å². The number of methoxy groups -OCH3 is 1. The molecule has 0 aliphatic carbocycles. The van der Waals surface area contributed by atoms with Crippen LogP contribution in [0, 0.1) is 0 Å². The topological polar surface area (TPSA) is 80.7 Å². The summed E-state index contributed by atoms with van der Waals surface area (Å²) in [6.45, 7) is 1.06. The summed E-state index contributed by atoms with van der Waals surface area (Å²) in [4.78, 5) is 14.8. The Hall–Kier alpha value is -1.66. The van der Waals surface area contributed by atoms with E-state index < -0.39 is 5.97 Å². The molecule has 1 aromatic rings. The maximum atomic E-state index is 10.8. The number of nitrogens with zero attached hydrogens (tertiary/aromatic N) is 1. The number of aromatic carboxylic acids is 1. The zero-order chi connectivity index (χ0) is 12.3. The predicted molar refractivity (Wildman–Crippen MR) is 60.2 cm³/mol. The Kier molecular flexibility index (Phi) is 3.55. The molecule has 0 saturated carbocycles. The van der Waals surface area contributed by atoms with Gasteiger partial charge in [0.2, 0.25) is 0 Å². The molecule has 0 amide bonds. The highest BCUT2D eigenvalue weighted by molar-refractivity contribution is 5.85. The third-order valence-electron chi connectivity index (χ3n) is 2.63. The lowest BCUT2D eigenvalue weighted by Crippen LogP contribution is -2.33. The third kappa shape index (κ3) is 2.72. The van der Waals surface area contributed by atoms with Crippen molar-refractivity contribution in [3.8, 4) is 0 Å². The average molecular weight is 238 g/mol. The number of hydrogen-bond acceptors (Lipinski definition) is 5. The van der Waals surface area contributed by atoms with Crippen LogP contribution in [-0.2, 0) is 9.47 Å². The fourth-order valence-corrected chi connectivity index (χ4v) is 1.73. The van der Waals surface area contributed by atoms with Gasteiger partial charge in [-0.3, -0.25) is 0 Å². The van der Waals surface area contributed by atoms with E-state index in [0.717, 1.165) is 0 Å². The molecule has 1 aromatic heterocycles. The first kappa shape index (κ1) is 11.8. The van der Waals surface area contributed by atoms with Crippen LogP contribution in [0.4, 0.5) is 5.82 Å². The van der Waals surface area contributed by atoms with E-state index in [9.17, 15) is 4.79 Å². The summed E-state index contributed by atoms with van der Waals surface area (Å²) in [5, 5.41) is 11.9. The third-order valence-corrected chi connectivity index (χ3v) is 2.63. The highest BCUT2D eigenvalue weighted by atomic mass is 16.5. The minimum atomic E-state index is -1.04. The highest BCUT2D eigenvalue weighted by Gasteiger charge is 2.28. The summed E-state index contributed by atoms with van der Waals surface area (Å²) in [6.07, 6.45) is -0.0368. The van der Waals surface area contributed by atoms with E-state index >= 15 is 0 Å². The maximum absolute atomic E-state index is 10.8. The van der Waals surface area contributed by atoms with Gasteiger partial charge in [-0.05, 0) is 12.1 Å². The van der Waals surface area contributed by atoms with E-state index in [2.05, 4.69) is 10.3 Å². The molecule has 2 N–H and O–H groups in total. The van der Waals surface area contributed by atoms with E-state index in [1.807, 2.05) is 0 Å². The number of hydrogen-bond donors (Lipinski definition) is 2. The summed E-state index contributed by atoms with van der Waals surface area (Å²) < 4.78 is 10.5. The summed E-state index contributed by atoms with van der Waals surface area (Å²) in [6, 6.07) is 4.82. The number of nitrogens with one attached hydrogen (secondary N) is 1. The van der Waals surface area contributed by atoms with E-state index in [1.54, 1.807) is 19.2 Å². The molecule has 92 valence electrons. The van der Waals surface area contributed by atoms with Crippen LogP contribution in [0.2, 0.25) is 0 Å². The van der Waals surface area contributed by atoms with Crippen LogP contribution in [0.5, 0.6) is 0 Å². The van der Waals surface area contributed by atoms with Crippen LogP contribution >= 0.6 is 0 Å². The molecule has 6 heteroatoms. The molecule has 2 heterocycles. The number of aromatic nitrogens is 1. The zero-order valence-corrected chi connectivity index (χ0v) is 9.42. The molecule has 17 heavy (non-hydrogen) atoms. The van der Waals surface area contributed by atoms with Gasteiger partial charge < -0.3 is 19.9 Å². The Bertz CT molecular complexity index is 410. The van der Waals surface area contributed by atoms with Crippen molar-refractivity contribution in [3.63, 3.8) is 0 Å². The smallest absolute Gasteiger partial charge is 0.354 e. The Morgan fingerprint density at radius 3 is 3.12 bits per heavy atom. The molecular formula is C11H14N2O4. The molecule has 0 spiro atoms. The lowest BCUT2D eigenvalue weighted by molar-refractivity contribution is 0.0690. The van der Waals surface area contributed by atoms with Crippen molar-refractivity contribution in [2.45, 2.75) is 12.1 Å². The number of carboxylic acids is 1. The average Bonchev–Trinajstić information content (AvgIpc) is 2.76. The maximum Gasteiger partial charge on any atom is 0.354 e. The molecule has 1 fully saturated rings. The highest BCUT2D eigenvalue weighted by Crippen LogP contribution is 2.14. The van der Waals surface area contributed by atoms with Crippen molar-refractivity contribution in [2.24, 2.45) is 0 Å². The fourth-order valence-electron chi connectivity index (χ4n) is 1.73. The van der Waals surface area contributed by atoms with Crippen LogP contribution in [0.1, 0.15) is 10.5 Å². The SMILES string of the molecule is CO[C@@H]1COC[C@@H]1Nc1cccc(C(=O)O)n1. The molecule has 0 bridgehead atoms. The standard InChI is InChI=1S/C11H14N2O4/c1-16-9-6-17-5-8(9)13-10-4-2-3-7(12-10)11(14)15/h2-4,8-9H,5-6H2,1H3,(H,12,13)(H,14,15)/t8-,9+/m0/s1. The van der Waals surface area contributed by atoms with Crippen LogP contribution in [0.25, 0.3) is 0 Å². The molecule has 1 aliphatic rings. The van der Waals surface area contributed by atoms with Crippen LogP contribution in [-0.4, -0.2) is 48.5 Å². The second kappa shape index (κ2) is 5.11. The molecule has 1 aliphatic heterocycles. The quantitative estimate of drug-likeness (QED) is 0.799. The first-order chi connectivity index (χ1) is 8.20.